The van der Waals surface area contributed by atoms with Crippen LogP contribution < -0.4 is 5.73 Å². The van der Waals surface area contributed by atoms with Gasteiger partial charge in [-0.25, -0.2) is 0 Å². The summed E-state index contributed by atoms with van der Waals surface area (Å²) in [6, 6.07) is 0. The van der Waals surface area contributed by atoms with Crippen molar-refractivity contribution in [3.8, 4) is 0 Å². The fraction of sp³-hybridized carbons (Fsp3) is 1.00. The van der Waals surface area contributed by atoms with Crippen LogP contribution in [0, 0.1) is 0 Å². The summed E-state index contributed by atoms with van der Waals surface area (Å²) in [7, 11) is 2.17. The van der Waals surface area contributed by atoms with E-state index in [1.807, 2.05) is 0 Å². The van der Waals surface area contributed by atoms with Crippen LogP contribution >= 0.6 is 0 Å². The molecule has 0 spiro atoms. The van der Waals surface area contributed by atoms with Crippen LogP contribution in [0.5, 0.6) is 0 Å². The smallest absolute Gasteiger partial charge is 0.0226 e. The van der Waals surface area contributed by atoms with E-state index in [2.05, 4.69) is 30.7 Å². The Bertz CT molecular complexity index is 131. The largest absolute Gasteiger partial charge is 0.324 e. The molecule has 1 aliphatic rings. The highest BCUT2D eigenvalue weighted by atomic mass is 15.3. The zero-order valence-corrected chi connectivity index (χ0v) is 8.51. The third-order valence-electron chi connectivity index (χ3n) is 2.23. The first-order valence-electron chi connectivity index (χ1n) is 4.67. The maximum Gasteiger partial charge on any atom is 0.0226 e. The van der Waals surface area contributed by atoms with Gasteiger partial charge in [0.25, 0.3) is 0 Å². The van der Waals surface area contributed by atoms with E-state index in [0.717, 1.165) is 19.6 Å². The van der Waals surface area contributed by atoms with Crippen molar-refractivity contribution in [2.75, 3.05) is 39.8 Å². The van der Waals surface area contributed by atoms with Crippen LogP contribution in [0.1, 0.15) is 13.8 Å². The van der Waals surface area contributed by atoms with E-state index < -0.39 is 0 Å². The number of hydrogen-bond donors (Lipinski definition) is 1. The SMILES string of the molecule is CN1CCN(CC(C)(C)N)CC1. The lowest BCUT2D eigenvalue weighted by Gasteiger charge is -2.36. The molecule has 0 radical (unpaired) electrons. The van der Waals surface area contributed by atoms with Crippen LogP contribution in [0.4, 0.5) is 0 Å². The van der Waals surface area contributed by atoms with Gasteiger partial charge in [0, 0.05) is 38.3 Å². The second kappa shape index (κ2) is 3.73. The van der Waals surface area contributed by atoms with Gasteiger partial charge in [0.1, 0.15) is 0 Å². The molecule has 0 aromatic carbocycles. The van der Waals surface area contributed by atoms with Gasteiger partial charge in [0.05, 0.1) is 0 Å². The molecule has 0 aromatic rings. The normalized spacial score (nSPS) is 23.0. The van der Waals surface area contributed by atoms with Gasteiger partial charge in [0.15, 0.2) is 0 Å². The minimum atomic E-state index is -0.0457. The van der Waals surface area contributed by atoms with Crippen LogP contribution in [0.15, 0.2) is 0 Å². The number of nitrogens with two attached hydrogens (primary N) is 1. The molecule has 1 rings (SSSR count). The third kappa shape index (κ3) is 3.52. The molecule has 0 bridgehead atoms. The van der Waals surface area contributed by atoms with Crippen molar-refractivity contribution in [3.63, 3.8) is 0 Å². The first kappa shape index (κ1) is 9.96. The van der Waals surface area contributed by atoms with Crippen LogP contribution in [0.25, 0.3) is 0 Å². The predicted octanol–water partition coefficient (Wildman–Crippen LogP) is -0.0289. The molecule has 2 N–H and O–H groups in total. The van der Waals surface area contributed by atoms with Crippen LogP contribution in [0.2, 0.25) is 0 Å². The highest BCUT2D eigenvalue weighted by molar-refractivity contribution is 4.80. The van der Waals surface area contributed by atoms with Gasteiger partial charge >= 0.3 is 0 Å². The summed E-state index contributed by atoms with van der Waals surface area (Å²) >= 11 is 0. The minimum Gasteiger partial charge on any atom is -0.324 e. The number of likely N-dealkylation sites (N-methyl/N-ethyl adjacent to an activating group) is 1. The average Bonchev–Trinajstić information content (AvgIpc) is 1.91. The zero-order valence-electron chi connectivity index (χ0n) is 8.51. The third-order valence-corrected chi connectivity index (χ3v) is 2.23. The fourth-order valence-electron chi connectivity index (χ4n) is 1.58. The van der Waals surface area contributed by atoms with E-state index >= 15 is 0 Å². The number of rotatable bonds is 2. The highest BCUT2D eigenvalue weighted by Gasteiger charge is 2.19. The van der Waals surface area contributed by atoms with Crippen LogP contribution in [0.3, 0.4) is 0 Å². The van der Waals surface area contributed by atoms with Gasteiger partial charge in [-0.1, -0.05) is 0 Å². The Labute approximate surface area is 75.5 Å². The molecule has 0 unspecified atom stereocenters. The van der Waals surface area contributed by atoms with Crippen LogP contribution in [-0.2, 0) is 0 Å². The summed E-state index contributed by atoms with van der Waals surface area (Å²) in [5.74, 6) is 0. The Morgan fingerprint density at radius 3 is 2.08 bits per heavy atom. The second-order valence-electron chi connectivity index (χ2n) is 4.57. The van der Waals surface area contributed by atoms with Gasteiger partial charge in [-0.15, -0.1) is 0 Å². The molecule has 0 aromatic heterocycles. The Morgan fingerprint density at radius 1 is 1.17 bits per heavy atom. The molecule has 1 aliphatic heterocycles. The quantitative estimate of drug-likeness (QED) is 0.633. The summed E-state index contributed by atoms with van der Waals surface area (Å²) in [5.41, 5.74) is 5.90. The van der Waals surface area contributed by atoms with E-state index in [9.17, 15) is 0 Å². The minimum absolute atomic E-state index is 0.0457. The Morgan fingerprint density at radius 2 is 1.67 bits per heavy atom. The van der Waals surface area contributed by atoms with Crippen molar-refractivity contribution in [2.24, 2.45) is 5.73 Å². The van der Waals surface area contributed by atoms with Crippen molar-refractivity contribution >= 4 is 0 Å². The van der Waals surface area contributed by atoms with Gasteiger partial charge in [-0.3, -0.25) is 4.90 Å². The Hall–Kier alpha value is -0.120. The van der Waals surface area contributed by atoms with Crippen molar-refractivity contribution < 1.29 is 0 Å². The maximum absolute atomic E-state index is 5.95. The molecule has 3 heteroatoms. The Balaban J connectivity index is 2.26. The number of hydrogen-bond acceptors (Lipinski definition) is 3. The molecule has 0 saturated carbocycles. The monoisotopic (exact) mass is 171 g/mol. The average molecular weight is 171 g/mol. The summed E-state index contributed by atoms with van der Waals surface area (Å²) in [5, 5.41) is 0. The topological polar surface area (TPSA) is 32.5 Å². The van der Waals surface area contributed by atoms with E-state index in [1.54, 1.807) is 0 Å². The second-order valence-corrected chi connectivity index (χ2v) is 4.57. The van der Waals surface area contributed by atoms with Crippen LogP contribution in [-0.4, -0.2) is 55.1 Å². The number of piperazine rings is 1. The van der Waals surface area contributed by atoms with Crippen molar-refractivity contribution in [1.82, 2.24) is 9.80 Å². The molecular formula is C9H21N3. The lowest BCUT2D eigenvalue weighted by atomic mass is 10.1. The Kier molecular flexibility index (Phi) is 3.09. The summed E-state index contributed by atoms with van der Waals surface area (Å²) < 4.78 is 0. The lowest BCUT2D eigenvalue weighted by molar-refractivity contribution is 0.134. The summed E-state index contributed by atoms with van der Waals surface area (Å²) in [4.78, 5) is 4.81. The zero-order chi connectivity index (χ0) is 9.19. The summed E-state index contributed by atoms with van der Waals surface area (Å²) in [6.45, 7) is 9.87. The van der Waals surface area contributed by atoms with Gasteiger partial charge in [-0.05, 0) is 20.9 Å². The summed E-state index contributed by atoms with van der Waals surface area (Å²) in [6.07, 6.45) is 0. The molecule has 0 aliphatic carbocycles. The number of nitrogens with zero attached hydrogens (tertiary/aromatic N) is 2. The van der Waals surface area contributed by atoms with E-state index in [0.29, 0.717) is 0 Å². The molecule has 1 heterocycles. The molecule has 1 saturated heterocycles. The molecule has 72 valence electrons. The molecule has 1 fully saturated rings. The first-order valence-corrected chi connectivity index (χ1v) is 4.67. The first-order chi connectivity index (χ1) is 5.47. The lowest BCUT2D eigenvalue weighted by Crippen LogP contribution is -2.52. The molecule has 12 heavy (non-hydrogen) atoms. The van der Waals surface area contributed by atoms with E-state index in [4.69, 9.17) is 5.73 Å². The highest BCUT2D eigenvalue weighted by Crippen LogP contribution is 2.04. The molecule has 0 atom stereocenters. The molecule has 3 nitrogen and oxygen atoms in total. The molecule has 0 amide bonds. The van der Waals surface area contributed by atoms with Gasteiger partial charge in [-0.2, -0.15) is 0 Å². The van der Waals surface area contributed by atoms with E-state index in [1.165, 1.54) is 13.1 Å². The standard InChI is InChI=1S/C9H21N3/c1-9(2,10)8-12-6-4-11(3)5-7-12/h4-8,10H2,1-3H3. The van der Waals surface area contributed by atoms with E-state index in [-0.39, 0.29) is 5.54 Å². The maximum atomic E-state index is 5.95. The predicted molar refractivity (Wildman–Crippen MR) is 52.2 cm³/mol. The molecular weight excluding hydrogens is 150 g/mol. The van der Waals surface area contributed by atoms with Crippen molar-refractivity contribution in [2.45, 2.75) is 19.4 Å². The fourth-order valence-corrected chi connectivity index (χ4v) is 1.58. The van der Waals surface area contributed by atoms with Crippen molar-refractivity contribution in [3.05, 3.63) is 0 Å². The van der Waals surface area contributed by atoms with Gasteiger partial charge < -0.3 is 10.6 Å². The van der Waals surface area contributed by atoms with Crippen molar-refractivity contribution in [1.29, 1.82) is 0 Å². The van der Waals surface area contributed by atoms with Gasteiger partial charge in [0.2, 0.25) is 0 Å².